The van der Waals surface area contributed by atoms with E-state index in [1.54, 1.807) is 0 Å². The van der Waals surface area contributed by atoms with Gasteiger partial charge in [-0.2, -0.15) is 0 Å². The van der Waals surface area contributed by atoms with Crippen LogP contribution in [0.5, 0.6) is 5.88 Å². The van der Waals surface area contributed by atoms with Gasteiger partial charge in [0.05, 0.1) is 12.8 Å². The number of nitrogens with one attached hydrogen (secondary N) is 1. The van der Waals surface area contributed by atoms with Gasteiger partial charge in [-0.05, 0) is 24.9 Å². The van der Waals surface area contributed by atoms with Crippen molar-refractivity contribution in [3.63, 3.8) is 0 Å². The fourth-order valence-corrected chi connectivity index (χ4v) is 1.37. The maximum absolute atomic E-state index is 13.0. The van der Waals surface area contributed by atoms with Crippen LogP contribution in [-0.2, 0) is 6.54 Å². The Labute approximate surface area is 102 Å². The molecule has 0 amide bonds. The molecule has 0 aliphatic heterocycles. The van der Waals surface area contributed by atoms with Crippen LogP contribution in [0.25, 0.3) is 0 Å². The zero-order valence-electron chi connectivity index (χ0n) is 11.0. The SMILES string of the molecule is CNCc1cc(F)cnc1OCCC(C)(C)C. The van der Waals surface area contributed by atoms with E-state index in [0.717, 1.165) is 12.0 Å². The molecule has 0 radical (unpaired) electrons. The summed E-state index contributed by atoms with van der Waals surface area (Å²) in [6.07, 6.45) is 2.12. The third-order valence-electron chi connectivity index (χ3n) is 2.35. The Morgan fingerprint density at radius 1 is 1.41 bits per heavy atom. The molecule has 0 saturated heterocycles. The molecule has 1 heterocycles. The highest BCUT2D eigenvalue weighted by Gasteiger charge is 2.12. The van der Waals surface area contributed by atoms with Gasteiger partial charge < -0.3 is 10.1 Å². The lowest BCUT2D eigenvalue weighted by Gasteiger charge is -2.18. The molecule has 4 heteroatoms. The second kappa shape index (κ2) is 5.96. The van der Waals surface area contributed by atoms with E-state index in [4.69, 9.17) is 4.74 Å². The topological polar surface area (TPSA) is 34.2 Å². The second-order valence-corrected chi connectivity index (χ2v) is 5.31. The number of halogens is 1. The van der Waals surface area contributed by atoms with Crippen LogP contribution in [-0.4, -0.2) is 18.6 Å². The number of hydrogen-bond acceptors (Lipinski definition) is 3. The van der Waals surface area contributed by atoms with Gasteiger partial charge in [-0.15, -0.1) is 0 Å². The van der Waals surface area contributed by atoms with E-state index in [2.05, 4.69) is 31.1 Å². The van der Waals surface area contributed by atoms with Crippen LogP contribution in [0.2, 0.25) is 0 Å². The Bertz CT molecular complexity index is 361. The first-order valence-electron chi connectivity index (χ1n) is 5.84. The number of hydrogen-bond donors (Lipinski definition) is 1. The van der Waals surface area contributed by atoms with Gasteiger partial charge in [0.25, 0.3) is 0 Å². The Morgan fingerprint density at radius 3 is 2.71 bits per heavy atom. The van der Waals surface area contributed by atoms with Gasteiger partial charge in [0.15, 0.2) is 0 Å². The van der Waals surface area contributed by atoms with Gasteiger partial charge in [-0.25, -0.2) is 9.37 Å². The summed E-state index contributed by atoms with van der Waals surface area (Å²) in [7, 11) is 1.81. The van der Waals surface area contributed by atoms with Crippen molar-refractivity contribution in [1.29, 1.82) is 0 Å². The Balaban J connectivity index is 2.63. The van der Waals surface area contributed by atoms with Gasteiger partial charge in [-0.1, -0.05) is 20.8 Å². The van der Waals surface area contributed by atoms with E-state index < -0.39 is 0 Å². The van der Waals surface area contributed by atoms with Crippen LogP contribution in [0.1, 0.15) is 32.8 Å². The predicted molar refractivity (Wildman–Crippen MR) is 66.5 cm³/mol. The molecule has 0 saturated carbocycles. The molecular formula is C13H21FN2O. The number of rotatable bonds is 5. The fraction of sp³-hybridized carbons (Fsp3) is 0.615. The van der Waals surface area contributed by atoms with Crippen molar-refractivity contribution < 1.29 is 9.13 Å². The summed E-state index contributed by atoms with van der Waals surface area (Å²) >= 11 is 0. The summed E-state index contributed by atoms with van der Waals surface area (Å²) in [6.45, 7) is 7.61. The minimum Gasteiger partial charge on any atom is -0.477 e. The summed E-state index contributed by atoms with van der Waals surface area (Å²) < 4.78 is 18.6. The quantitative estimate of drug-likeness (QED) is 0.859. The highest BCUT2D eigenvalue weighted by atomic mass is 19.1. The van der Waals surface area contributed by atoms with Crippen LogP contribution in [0.3, 0.4) is 0 Å². The highest BCUT2D eigenvalue weighted by Crippen LogP contribution is 2.21. The molecule has 0 bridgehead atoms. The van der Waals surface area contributed by atoms with Crippen LogP contribution < -0.4 is 10.1 Å². The minimum atomic E-state index is -0.335. The van der Waals surface area contributed by atoms with Gasteiger partial charge in [-0.3, -0.25) is 0 Å². The lowest BCUT2D eigenvalue weighted by atomic mass is 9.93. The molecule has 0 aliphatic rings. The molecule has 0 unspecified atom stereocenters. The molecule has 3 nitrogen and oxygen atoms in total. The second-order valence-electron chi connectivity index (χ2n) is 5.31. The Kier molecular flexibility index (Phi) is 4.87. The average Bonchev–Trinajstić information content (AvgIpc) is 2.20. The number of nitrogens with zero attached hydrogens (tertiary/aromatic N) is 1. The van der Waals surface area contributed by atoms with Crippen molar-refractivity contribution in [2.75, 3.05) is 13.7 Å². The van der Waals surface area contributed by atoms with Crippen LogP contribution in [0, 0.1) is 11.2 Å². The summed E-state index contributed by atoms with van der Waals surface area (Å²) in [5.41, 5.74) is 0.977. The molecule has 1 aromatic rings. The summed E-state index contributed by atoms with van der Waals surface area (Å²) in [5.74, 6) is 0.184. The van der Waals surface area contributed by atoms with Crippen LogP contribution in [0.15, 0.2) is 12.3 Å². The number of pyridine rings is 1. The number of aromatic nitrogens is 1. The van der Waals surface area contributed by atoms with Gasteiger partial charge in [0.2, 0.25) is 5.88 Å². The molecule has 1 aromatic heterocycles. The summed E-state index contributed by atoms with van der Waals surface area (Å²) in [5, 5.41) is 2.97. The van der Waals surface area contributed by atoms with E-state index in [1.807, 2.05) is 7.05 Å². The van der Waals surface area contributed by atoms with E-state index in [0.29, 0.717) is 19.0 Å². The predicted octanol–water partition coefficient (Wildman–Crippen LogP) is 2.76. The number of ether oxygens (including phenoxy) is 1. The molecule has 0 aromatic carbocycles. The maximum Gasteiger partial charge on any atom is 0.218 e. The zero-order valence-corrected chi connectivity index (χ0v) is 11.0. The van der Waals surface area contributed by atoms with Gasteiger partial charge in [0, 0.05) is 12.1 Å². The Hall–Kier alpha value is -1.16. The summed E-state index contributed by atoms with van der Waals surface area (Å²) in [4.78, 5) is 3.98. The third-order valence-corrected chi connectivity index (χ3v) is 2.35. The van der Waals surface area contributed by atoms with Gasteiger partial charge in [0.1, 0.15) is 5.82 Å². The molecular weight excluding hydrogens is 219 g/mol. The fourth-order valence-electron chi connectivity index (χ4n) is 1.37. The van der Waals surface area contributed by atoms with E-state index in [1.165, 1.54) is 12.3 Å². The third kappa shape index (κ3) is 5.13. The van der Waals surface area contributed by atoms with Crippen molar-refractivity contribution in [3.05, 3.63) is 23.6 Å². The van der Waals surface area contributed by atoms with Crippen molar-refractivity contribution in [3.8, 4) is 5.88 Å². The molecule has 1 N–H and O–H groups in total. The van der Waals surface area contributed by atoms with Crippen LogP contribution >= 0.6 is 0 Å². The Morgan fingerprint density at radius 2 is 2.12 bits per heavy atom. The lowest BCUT2D eigenvalue weighted by Crippen LogP contribution is -2.14. The standard InChI is InChI=1S/C13H21FN2O/c1-13(2,3)5-6-17-12-10(8-15-4)7-11(14)9-16-12/h7,9,15H,5-6,8H2,1-4H3. The van der Waals surface area contributed by atoms with Crippen molar-refractivity contribution in [2.45, 2.75) is 33.7 Å². The maximum atomic E-state index is 13.0. The monoisotopic (exact) mass is 240 g/mol. The van der Waals surface area contributed by atoms with Crippen molar-refractivity contribution >= 4 is 0 Å². The van der Waals surface area contributed by atoms with Crippen LogP contribution in [0.4, 0.5) is 4.39 Å². The molecule has 1 rings (SSSR count). The smallest absolute Gasteiger partial charge is 0.218 e. The largest absolute Gasteiger partial charge is 0.477 e. The minimum absolute atomic E-state index is 0.225. The first-order valence-corrected chi connectivity index (χ1v) is 5.84. The van der Waals surface area contributed by atoms with Gasteiger partial charge >= 0.3 is 0 Å². The first kappa shape index (κ1) is 13.9. The molecule has 0 aliphatic carbocycles. The molecule has 96 valence electrons. The van der Waals surface area contributed by atoms with E-state index in [-0.39, 0.29) is 11.2 Å². The van der Waals surface area contributed by atoms with E-state index in [9.17, 15) is 4.39 Å². The van der Waals surface area contributed by atoms with Crippen molar-refractivity contribution in [2.24, 2.45) is 5.41 Å². The zero-order chi connectivity index (χ0) is 12.9. The molecule has 0 fully saturated rings. The van der Waals surface area contributed by atoms with Crippen molar-refractivity contribution in [1.82, 2.24) is 10.3 Å². The molecule has 17 heavy (non-hydrogen) atoms. The lowest BCUT2D eigenvalue weighted by molar-refractivity contribution is 0.234. The highest BCUT2D eigenvalue weighted by molar-refractivity contribution is 5.25. The van der Waals surface area contributed by atoms with E-state index >= 15 is 0 Å². The first-order chi connectivity index (χ1) is 7.92. The molecule has 0 spiro atoms. The summed E-state index contributed by atoms with van der Waals surface area (Å²) in [6, 6.07) is 1.45. The average molecular weight is 240 g/mol. The normalized spacial score (nSPS) is 11.6. The molecule has 0 atom stereocenters.